The van der Waals surface area contributed by atoms with Crippen LogP contribution in [0.2, 0.25) is 0 Å². The fourth-order valence-corrected chi connectivity index (χ4v) is 6.77. The summed E-state index contributed by atoms with van der Waals surface area (Å²) in [5.74, 6) is -0.446. The Morgan fingerprint density at radius 2 is 1.65 bits per heavy atom. The number of carbonyl (C=O) groups excluding carboxylic acids is 3. The van der Waals surface area contributed by atoms with Gasteiger partial charge in [-0.2, -0.15) is 5.26 Å². The maximum absolute atomic E-state index is 13.1. The molecule has 7 N–H and O–H groups in total. The van der Waals surface area contributed by atoms with Gasteiger partial charge in [0.05, 0.1) is 18.0 Å². The number of piperidine rings is 1. The summed E-state index contributed by atoms with van der Waals surface area (Å²) in [7, 11) is 1.70. The number of likely N-dealkylation sites (N-methyl/N-ethyl adjacent to an activating group) is 1. The molecule has 5 rings (SSSR count). The lowest BCUT2D eigenvalue weighted by atomic mass is 9.67. The van der Waals surface area contributed by atoms with Crippen molar-refractivity contribution in [3.8, 4) is 6.07 Å². The van der Waals surface area contributed by atoms with Crippen molar-refractivity contribution in [3.63, 3.8) is 0 Å². The van der Waals surface area contributed by atoms with E-state index in [9.17, 15) is 25.1 Å². The fourth-order valence-electron chi connectivity index (χ4n) is 6.77. The number of amidine groups is 1. The number of benzene rings is 2. The van der Waals surface area contributed by atoms with E-state index in [0.717, 1.165) is 35.1 Å². The summed E-state index contributed by atoms with van der Waals surface area (Å²) in [6.07, 6.45) is 3.30. The molecule has 4 atom stereocenters. The summed E-state index contributed by atoms with van der Waals surface area (Å²) < 4.78 is 0. The maximum Gasteiger partial charge on any atom is 0.248 e. The summed E-state index contributed by atoms with van der Waals surface area (Å²) in [5, 5.41) is 25.1. The van der Waals surface area contributed by atoms with Crippen LogP contribution in [-0.4, -0.2) is 60.2 Å². The molecule has 3 aliphatic rings. The number of nitrogens with zero attached hydrogens (tertiary/aromatic N) is 2. The lowest BCUT2D eigenvalue weighted by Crippen LogP contribution is -2.50. The molecule has 2 aliphatic carbocycles. The number of aryl methyl sites for hydroxylation is 2. The summed E-state index contributed by atoms with van der Waals surface area (Å²) >= 11 is 0. The van der Waals surface area contributed by atoms with Gasteiger partial charge in [0, 0.05) is 30.3 Å². The topological polar surface area (TPSA) is 178 Å². The first-order valence-corrected chi connectivity index (χ1v) is 13.7. The van der Waals surface area contributed by atoms with E-state index in [4.69, 9.17) is 11.5 Å². The van der Waals surface area contributed by atoms with Crippen molar-refractivity contribution in [3.05, 3.63) is 69.8 Å². The maximum atomic E-state index is 13.1. The number of nitrogens with one attached hydrogen (secondary N) is 3. The summed E-state index contributed by atoms with van der Waals surface area (Å²) in [6, 6.07) is 12.5. The first kappa shape index (κ1) is 27.3. The number of carbonyl (C=O) groups is 3. The first-order valence-electron chi connectivity index (χ1n) is 13.7. The zero-order chi connectivity index (χ0) is 28.8. The van der Waals surface area contributed by atoms with Crippen LogP contribution in [0.25, 0.3) is 0 Å². The molecule has 10 heteroatoms. The molecule has 40 heavy (non-hydrogen) atoms. The van der Waals surface area contributed by atoms with Crippen LogP contribution in [0.1, 0.15) is 69.2 Å². The second-order valence-electron chi connectivity index (χ2n) is 11.2. The molecule has 0 radical (unpaired) electrons. The monoisotopic (exact) mass is 541 g/mol. The van der Waals surface area contributed by atoms with Gasteiger partial charge in [-0.1, -0.05) is 12.1 Å². The summed E-state index contributed by atoms with van der Waals surface area (Å²) in [6.45, 7) is 2.07. The largest absolute Gasteiger partial charge is 0.376 e. The van der Waals surface area contributed by atoms with Crippen LogP contribution < -0.4 is 22.1 Å². The molecule has 2 aromatic carbocycles. The molecule has 3 amide bonds. The van der Waals surface area contributed by atoms with Crippen LogP contribution in [0.5, 0.6) is 0 Å². The second kappa shape index (κ2) is 10.4. The number of rotatable bonds is 8. The van der Waals surface area contributed by atoms with Crippen LogP contribution in [0.15, 0.2) is 36.4 Å². The zero-order valence-corrected chi connectivity index (χ0v) is 22.8. The van der Waals surface area contributed by atoms with E-state index < -0.39 is 17.2 Å². The van der Waals surface area contributed by atoms with Crippen LogP contribution in [-0.2, 0) is 23.1 Å². The minimum atomic E-state index is -0.970. The zero-order valence-electron chi connectivity index (χ0n) is 22.8. The molecular weight excluding hydrogens is 506 g/mol. The molecule has 1 heterocycles. The molecule has 2 fully saturated rings. The highest BCUT2D eigenvalue weighted by atomic mass is 16.2. The van der Waals surface area contributed by atoms with Crippen LogP contribution in [0.3, 0.4) is 0 Å². The Labute approximate surface area is 233 Å². The SMILES string of the molecule is CNC(=N)C1(C[C@H](C)NCC(=O)N2C(C#N)C[C@@H]3C[C@@H]32)c2ccc(C(N)=O)cc2CCc2cc(C(N)=O)ccc21. The smallest absolute Gasteiger partial charge is 0.248 e. The Hall–Kier alpha value is -4.23. The number of nitriles is 1. The van der Waals surface area contributed by atoms with Gasteiger partial charge >= 0.3 is 0 Å². The van der Waals surface area contributed by atoms with Crippen molar-refractivity contribution in [2.75, 3.05) is 13.6 Å². The Bertz CT molecular complexity index is 1380. The lowest BCUT2D eigenvalue weighted by molar-refractivity contribution is -0.131. The van der Waals surface area contributed by atoms with Crippen molar-refractivity contribution in [2.24, 2.45) is 17.4 Å². The van der Waals surface area contributed by atoms with E-state index >= 15 is 0 Å². The number of amides is 3. The molecule has 2 aromatic rings. The molecule has 10 nitrogen and oxygen atoms in total. The quantitative estimate of drug-likeness (QED) is 0.249. The van der Waals surface area contributed by atoms with E-state index in [0.29, 0.717) is 36.3 Å². The standard InChI is InChI=1S/C30H35N7O3/c1-16(36-15-26(38)37-22(14-31)11-21-12-25(21)37)13-30(29(34)35-2)23-7-5-19(27(32)39)9-17(23)3-4-18-10-20(28(33)40)6-8-24(18)30/h5-10,16,21-22,25,36H,3-4,11-13,15H2,1-2H3,(H2,32,39)(H2,33,40)(H2,34,35)/t16-,21+,22?,25-/m0/s1. The van der Waals surface area contributed by atoms with Crippen LogP contribution in [0.4, 0.5) is 0 Å². The van der Waals surface area contributed by atoms with Gasteiger partial charge < -0.3 is 27.0 Å². The van der Waals surface area contributed by atoms with Gasteiger partial charge in [-0.25, -0.2) is 0 Å². The predicted octanol–water partition coefficient (Wildman–Crippen LogP) is 1.35. The van der Waals surface area contributed by atoms with Crippen molar-refractivity contribution < 1.29 is 14.4 Å². The summed E-state index contributed by atoms with van der Waals surface area (Å²) in [4.78, 5) is 38.9. The van der Waals surface area contributed by atoms with E-state index in [-0.39, 0.29) is 36.4 Å². The van der Waals surface area contributed by atoms with Crippen LogP contribution >= 0.6 is 0 Å². The highest BCUT2D eigenvalue weighted by Gasteiger charge is 2.54. The Morgan fingerprint density at radius 3 is 2.15 bits per heavy atom. The molecular formula is C30H35N7O3. The average Bonchev–Trinajstić information content (AvgIpc) is 3.64. The van der Waals surface area contributed by atoms with E-state index in [1.165, 1.54) is 0 Å². The third-order valence-corrected chi connectivity index (χ3v) is 8.80. The van der Waals surface area contributed by atoms with Gasteiger partial charge in [-0.3, -0.25) is 19.8 Å². The normalized spacial score (nSPS) is 22.5. The number of hydrogen-bond acceptors (Lipinski definition) is 6. The highest BCUT2D eigenvalue weighted by Crippen LogP contribution is 2.48. The Kier molecular flexibility index (Phi) is 7.10. The highest BCUT2D eigenvalue weighted by molar-refractivity contribution is 5.98. The summed E-state index contributed by atoms with van der Waals surface area (Å²) in [5.41, 5.74) is 14.5. The van der Waals surface area contributed by atoms with E-state index in [2.05, 4.69) is 16.7 Å². The van der Waals surface area contributed by atoms with E-state index in [1.54, 1.807) is 36.2 Å². The lowest BCUT2D eigenvalue weighted by Gasteiger charge is -2.39. The molecule has 208 valence electrons. The molecule has 1 unspecified atom stereocenters. The third kappa shape index (κ3) is 4.60. The minimum absolute atomic E-state index is 0.0833. The molecule has 1 aliphatic heterocycles. The van der Waals surface area contributed by atoms with Gasteiger partial charge in [-0.15, -0.1) is 0 Å². The number of hydrogen-bond donors (Lipinski definition) is 5. The second-order valence-corrected chi connectivity index (χ2v) is 11.2. The molecule has 0 aromatic heterocycles. The Balaban J connectivity index is 1.53. The number of primary amides is 2. The van der Waals surface area contributed by atoms with Crippen molar-refractivity contribution >= 4 is 23.6 Å². The van der Waals surface area contributed by atoms with Crippen molar-refractivity contribution in [2.45, 2.75) is 62.6 Å². The third-order valence-electron chi connectivity index (χ3n) is 8.80. The number of fused-ring (bicyclic) bond motifs is 3. The number of nitrogens with two attached hydrogens (primary N) is 2. The van der Waals surface area contributed by atoms with Crippen molar-refractivity contribution in [1.82, 2.24) is 15.5 Å². The fraction of sp³-hybridized carbons (Fsp3) is 0.433. The Morgan fingerprint density at radius 1 is 1.07 bits per heavy atom. The molecule has 0 bridgehead atoms. The first-order chi connectivity index (χ1) is 19.1. The molecule has 0 spiro atoms. The van der Waals surface area contributed by atoms with Gasteiger partial charge in [-0.05, 0) is 91.5 Å². The van der Waals surface area contributed by atoms with Gasteiger partial charge in [0.25, 0.3) is 0 Å². The van der Waals surface area contributed by atoms with Gasteiger partial charge in [0.1, 0.15) is 11.9 Å². The number of likely N-dealkylation sites (tertiary alicyclic amines) is 1. The van der Waals surface area contributed by atoms with Crippen LogP contribution in [0, 0.1) is 22.7 Å². The van der Waals surface area contributed by atoms with E-state index in [1.807, 2.05) is 19.1 Å². The predicted molar refractivity (Wildman–Crippen MR) is 150 cm³/mol. The van der Waals surface area contributed by atoms with Gasteiger partial charge in [0.15, 0.2) is 0 Å². The molecule has 1 saturated heterocycles. The van der Waals surface area contributed by atoms with Gasteiger partial charge in [0.2, 0.25) is 17.7 Å². The minimum Gasteiger partial charge on any atom is -0.376 e. The average molecular weight is 542 g/mol. The van der Waals surface area contributed by atoms with Crippen molar-refractivity contribution in [1.29, 1.82) is 10.7 Å². The molecule has 1 saturated carbocycles.